The molecule has 6 nitrogen and oxygen atoms in total. The number of carbonyl (C=O) groups excluding carboxylic acids is 2. The fourth-order valence-corrected chi connectivity index (χ4v) is 4.22. The second kappa shape index (κ2) is 8.61. The predicted octanol–water partition coefficient (Wildman–Crippen LogP) is 2.58. The topological polar surface area (TPSA) is 65.8 Å². The maximum Gasteiger partial charge on any atom is 0.225 e. The molecule has 2 unspecified atom stereocenters. The highest BCUT2D eigenvalue weighted by Crippen LogP contribution is 2.25. The molecule has 0 aliphatic carbocycles. The highest BCUT2D eigenvalue weighted by atomic mass is 16.3. The Morgan fingerprint density at radius 3 is 2.64 bits per heavy atom. The zero-order chi connectivity index (χ0) is 19.3. The summed E-state index contributed by atoms with van der Waals surface area (Å²) in [6.45, 7) is 3.58. The number of hydrogen-bond donors (Lipinski definition) is 1. The lowest BCUT2D eigenvalue weighted by Gasteiger charge is -2.28. The molecule has 28 heavy (non-hydrogen) atoms. The summed E-state index contributed by atoms with van der Waals surface area (Å²) in [5, 5.41) is 3.12. The fourth-order valence-electron chi connectivity index (χ4n) is 4.22. The number of nitrogens with one attached hydrogen (secondary N) is 1. The second-order valence-electron chi connectivity index (χ2n) is 7.67. The lowest BCUT2D eigenvalue weighted by molar-refractivity contribution is -0.129. The molecule has 1 aromatic carbocycles. The predicted molar refractivity (Wildman–Crippen MR) is 105 cm³/mol. The van der Waals surface area contributed by atoms with Gasteiger partial charge < -0.3 is 14.6 Å². The molecule has 1 aromatic heterocycles. The van der Waals surface area contributed by atoms with Crippen LogP contribution in [0.15, 0.2) is 53.1 Å². The summed E-state index contributed by atoms with van der Waals surface area (Å²) in [5.74, 6) is 0.427. The molecule has 2 aliphatic heterocycles. The zero-order valence-corrected chi connectivity index (χ0v) is 16.0. The highest BCUT2D eigenvalue weighted by Gasteiger charge is 2.35. The molecule has 3 heterocycles. The molecule has 0 radical (unpaired) electrons. The largest absolute Gasteiger partial charge is 0.467 e. The van der Waals surface area contributed by atoms with E-state index in [1.165, 1.54) is 18.4 Å². The Labute approximate surface area is 165 Å². The van der Waals surface area contributed by atoms with Crippen molar-refractivity contribution < 1.29 is 14.0 Å². The number of benzene rings is 1. The number of likely N-dealkylation sites (tertiary alicyclic amines) is 2. The van der Waals surface area contributed by atoms with E-state index in [0.717, 1.165) is 18.8 Å². The van der Waals surface area contributed by atoms with Gasteiger partial charge in [-0.15, -0.1) is 0 Å². The van der Waals surface area contributed by atoms with E-state index in [9.17, 15) is 9.59 Å². The number of furan rings is 1. The van der Waals surface area contributed by atoms with Crippen LogP contribution in [-0.4, -0.2) is 47.8 Å². The third-order valence-electron chi connectivity index (χ3n) is 5.75. The average molecular weight is 381 g/mol. The normalized spacial score (nSPS) is 21.2. The molecule has 148 valence electrons. The van der Waals surface area contributed by atoms with Gasteiger partial charge in [0.1, 0.15) is 5.76 Å². The number of amides is 2. The summed E-state index contributed by atoms with van der Waals surface area (Å²) in [5.41, 5.74) is 1.23. The van der Waals surface area contributed by atoms with Gasteiger partial charge >= 0.3 is 0 Å². The minimum absolute atomic E-state index is 0.00991. The quantitative estimate of drug-likeness (QED) is 0.801. The first-order chi connectivity index (χ1) is 13.7. The van der Waals surface area contributed by atoms with Gasteiger partial charge in [-0.3, -0.25) is 14.5 Å². The van der Waals surface area contributed by atoms with E-state index in [2.05, 4.69) is 22.3 Å². The van der Waals surface area contributed by atoms with Gasteiger partial charge in [-0.2, -0.15) is 0 Å². The van der Waals surface area contributed by atoms with Gasteiger partial charge in [0.25, 0.3) is 0 Å². The van der Waals surface area contributed by atoms with Gasteiger partial charge in [-0.05, 0) is 43.6 Å². The third kappa shape index (κ3) is 4.28. The maximum absolute atomic E-state index is 12.8. The van der Waals surface area contributed by atoms with Gasteiger partial charge in [-0.25, -0.2) is 0 Å². The van der Waals surface area contributed by atoms with Crippen LogP contribution in [0.4, 0.5) is 0 Å². The van der Waals surface area contributed by atoms with Gasteiger partial charge in [-0.1, -0.05) is 30.3 Å². The van der Waals surface area contributed by atoms with Crippen LogP contribution < -0.4 is 5.32 Å². The summed E-state index contributed by atoms with van der Waals surface area (Å²) in [6.07, 6.45) is 4.28. The van der Waals surface area contributed by atoms with Crippen LogP contribution in [0.1, 0.15) is 36.6 Å². The van der Waals surface area contributed by atoms with E-state index in [1.54, 1.807) is 11.2 Å². The molecule has 2 fully saturated rings. The van der Waals surface area contributed by atoms with Crippen molar-refractivity contribution in [1.82, 2.24) is 15.1 Å². The average Bonchev–Trinajstić information content (AvgIpc) is 3.47. The van der Waals surface area contributed by atoms with Gasteiger partial charge in [0.2, 0.25) is 11.8 Å². The first-order valence-electron chi connectivity index (χ1n) is 10.1. The molecule has 2 saturated heterocycles. The molecular formula is C22H27N3O3. The third-order valence-corrected chi connectivity index (χ3v) is 5.75. The molecule has 0 spiro atoms. The summed E-state index contributed by atoms with van der Waals surface area (Å²) in [6, 6.07) is 14.2. The zero-order valence-electron chi connectivity index (χ0n) is 16.0. The summed E-state index contributed by atoms with van der Waals surface area (Å²) in [4.78, 5) is 29.2. The van der Waals surface area contributed by atoms with Gasteiger partial charge in [0.05, 0.1) is 24.8 Å². The molecule has 2 aromatic rings. The molecule has 1 N–H and O–H groups in total. The summed E-state index contributed by atoms with van der Waals surface area (Å²) in [7, 11) is 0. The van der Waals surface area contributed by atoms with Crippen molar-refractivity contribution in [3.63, 3.8) is 0 Å². The second-order valence-corrected chi connectivity index (χ2v) is 7.67. The number of carbonyl (C=O) groups is 2. The Morgan fingerprint density at radius 2 is 1.93 bits per heavy atom. The Hall–Kier alpha value is -2.60. The molecule has 2 aliphatic rings. The molecule has 4 rings (SSSR count). The summed E-state index contributed by atoms with van der Waals surface area (Å²) >= 11 is 0. The minimum atomic E-state index is -0.294. The summed E-state index contributed by atoms with van der Waals surface area (Å²) < 4.78 is 5.32. The van der Waals surface area contributed by atoms with Crippen LogP contribution in [0.2, 0.25) is 0 Å². The molecule has 0 saturated carbocycles. The van der Waals surface area contributed by atoms with Crippen molar-refractivity contribution >= 4 is 11.8 Å². The van der Waals surface area contributed by atoms with Crippen LogP contribution in [0, 0.1) is 5.92 Å². The molecule has 6 heteroatoms. The number of rotatable bonds is 7. The first kappa shape index (κ1) is 18.7. The van der Waals surface area contributed by atoms with Crippen LogP contribution >= 0.6 is 0 Å². The van der Waals surface area contributed by atoms with Crippen LogP contribution in [0.5, 0.6) is 0 Å². The lowest BCUT2D eigenvalue weighted by atomic mass is 10.0. The minimum Gasteiger partial charge on any atom is -0.467 e. The number of nitrogens with zero attached hydrogens (tertiary/aromatic N) is 2. The van der Waals surface area contributed by atoms with Crippen molar-refractivity contribution in [2.75, 3.05) is 26.2 Å². The Kier molecular flexibility index (Phi) is 5.76. The Bertz CT molecular complexity index is 785. The van der Waals surface area contributed by atoms with E-state index >= 15 is 0 Å². The van der Waals surface area contributed by atoms with Crippen molar-refractivity contribution in [1.29, 1.82) is 0 Å². The SMILES string of the molecule is O=C(NCC(c1ccccc1)N1CCCC1)C1CC(=O)N(Cc2ccco2)C1. The standard InChI is InChI=1S/C22H27N3O3/c26-21-13-18(15-25(21)16-19-9-6-12-28-19)22(27)23-14-20(24-10-4-5-11-24)17-7-2-1-3-8-17/h1-3,6-9,12,18,20H,4-5,10-11,13-16H2,(H,23,27). The van der Waals surface area contributed by atoms with Crippen molar-refractivity contribution in [2.24, 2.45) is 5.92 Å². The maximum atomic E-state index is 12.8. The van der Waals surface area contributed by atoms with Crippen LogP contribution in [-0.2, 0) is 16.1 Å². The number of hydrogen-bond acceptors (Lipinski definition) is 4. The van der Waals surface area contributed by atoms with Crippen molar-refractivity contribution in [2.45, 2.75) is 31.8 Å². The highest BCUT2D eigenvalue weighted by molar-refractivity contribution is 5.89. The van der Waals surface area contributed by atoms with Crippen molar-refractivity contribution in [3.05, 3.63) is 60.1 Å². The molecule has 2 atom stereocenters. The van der Waals surface area contributed by atoms with Crippen LogP contribution in [0.25, 0.3) is 0 Å². The monoisotopic (exact) mass is 381 g/mol. The van der Waals surface area contributed by atoms with E-state index in [1.807, 2.05) is 30.3 Å². The first-order valence-corrected chi connectivity index (χ1v) is 10.1. The van der Waals surface area contributed by atoms with E-state index in [4.69, 9.17) is 4.42 Å². The fraction of sp³-hybridized carbons (Fsp3) is 0.455. The molecule has 2 amide bonds. The molecule has 0 bridgehead atoms. The van der Waals surface area contributed by atoms with Crippen LogP contribution in [0.3, 0.4) is 0 Å². The lowest BCUT2D eigenvalue weighted by Crippen LogP contribution is -2.39. The van der Waals surface area contributed by atoms with E-state index in [-0.39, 0.29) is 30.2 Å². The van der Waals surface area contributed by atoms with Gasteiger partial charge in [0.15, 0.2) is 0 Å². The van der Waals surface area contributed by atoms with Gasteiger partial charge in [0, 0.05) is 19.5 Å². The van der Waals surface area contributed by atoms with E-state index < -0.39 is 0 Å². The van der Waals surface area contributed by atoms with E-state index in [0.29, 0.717) is 19.6 Å². The smallest absolute Gasteiger partial charge is 0.225 e. The Morgan fingerprint density at radius 1 is 1.14 bits per heavy atom. The van der Waals surface area contributed by atoms with Crippen molar-refractivity contribution in [3.8, 4) is 0 Å². The molecular weight excluding hydrogens is 354 g/mol. The Balaban J connectivity index is 1.35.